The first-order valence-corrected chi connectivity index (χ1v) is 5.06. The standard InChI is InChI=1S/C5H8BN2.C5H8N2O2/c1-7-3-4-8(2)5(7)6;1-3-9-5(8)4(2)7-6/h3-4H,1-2H3;3H2,1-2H3/q+1;. The van der Waals surface area contributed by atoms with Crippen molar-refractivity contribution in [2.24, 2.45) is 14.1 Å². The highest BCUT2D eigenvalue weighted by Gasteiger charge is 2.12. The van der Waals surface area contributed by atoms with Gasteiger partial charge < -0.3 is 10.3 Å². The Morgan fingerprint density at radius 1 is 1.71 bits per heavy atom. The van der Waals surface area contributed by atoms with E-state index in [1.807, 2.05) is 35.6 Å². The van der Waals surface area contributed by atoms with E-state index in [0.29, 0.717) is 6.61 Å². The van der Waals surface area contributed by atoms with Gasteiger partial charge in [-0.1, -0.05) is 0 Å². The van der Waals surface area contributed by atoms with Crippen LogP contribution in [0.1, 0.15) is 13.8 Å². The van der Waals surface area contributed by atoms with E-state index in [9.17, 15) is 4.79 Å². The Morgan fingerprint density at radius 2 is 2.29 bits per heavy atom. The van der Waals surface area contributed by atoms with Gasteiger partial charge in [0.15, 0.2) is 5.72 Å². The highest BCUT2D eigenvalue weighted by atomic mass is 16.5. The zero-order valence-electron chi connectivity index (χ0n) is 10.5. The maximum Gasteiger partial charge on any atom is 0.416 e. The minimum absolute atomic E-state index is 0.0307. The van der Waals surface area contributed by atoms with E-state index in [-0.39, 0.29) is 5.71 Å². The predicted molar refractivity (Wildman–Crippen MR) is 62.9 cm³/mol. The Kier molecular flexibility index (Phi) is 6.59. The molecule has 2 radical (unpaired) electrons. The van der Waals surface area contributed by atoms with Crippen LogP contribution < -0.4 is 10.3 Å². The Bertz CT molecular complexity index is 416. The van der Waals surface area contributed by atoms with Crippen LogP contribution in [0.2, 0.25) is 0 Å². The number of aryl methyl sites for hydroxylation is 2. The van der Waals surface area contributed by atoms with Crippen LogP contribution in [0.4, 0.5) is 0 Å². The average Bonchev–Trinajstić information content (AvgIpc) is 2.60. The molecule has 17 heavy (non-hydrogen) atoms. The van der Waals surface area contributed by atoms with Crippen molar-refractivity contribution in [3.05, 3.63) is 17.9 Å². The molecule has 0 saturated carbocycles. The summed E-state index contributed by atoms with van der Waals surface area (Å²) in [6.45, 7) is 3.35. The van der Waals surface area contributed by atoms with E-state index in [1.165, 1.54) is 6.92 Å². The maximum atomic E-state index is 10.5. The van der Waals surface area contributed by atoms with E-state index in [0.717, 1.165) is 5.72 Å². The molecule has 0 amide bonds. The van der Waals surface area contributed by atoms with Gasteiger partial charge in [-0.2, -0.15) is 4.79 Å². The SMILES string of the molecule is CCOC(=O)C(C)=[N+]=[N-].[B]c1n(C)cc[n+]1C. The van der Waals surface area contributed by atoms with Crippen molar-refractivity contribution in [2.45, 2.75) is 13.8 Å². The molecule has 0 spiro atoms. The number of carbonyl (C=O) groups is 1. The van der Waals surface area contributed by atoms with Gasteiger partial charge >= 0.3 is 11.7 Å². The van der Waals surface area contributed by atoms with Crippen LogP contribution in [0.5, 0.6) is 0 Å². The normalized spacial score (nSPS) is 8.71. The third-order valence-corrected chi connectivity index (χ3v) is 1.96. The number of ether oxygens (including phenoxy) is 1. The van der Waals surface area contributed by atoms with Crippen LogP contribution in [0.15, 0.2) is 12.4 Å². The third-order valence-electron chi connectivity index (χ3n) is 1.96. The van der Waals surface area contributed by atoms with Crippen molar-refractivity contribution in [3.63, 3.8) is 0 Å². The maximum absolute atomic E-state index is 10.5. The lowest BCUT2D eigenvalue weighted by Crippen LogP contribution is -2.45. The van der Waals surface area contributed by atoms with Crippen molar-refractivity contribution in [1.82, 2.24) is 4.57 Å². The second-order valence-corrected chi connectivity index (χ2v) is 3.28. The first kappa shape index (κ1) is 15.1. The summed E-state index contributed by atoms with van der Waals surface area (Å²) in [6, 6.07) is 0. The first-order valence-electron chi connectivity index (χ1n) is 5.06. The summed E-state index contributed by atoms with van der Waals surface area (Å²) in [5.74, 6) is -0.583. The molecule has 1 aromatic heterocycles. The van der Waals surface area contributed by atoms with Crippen LogP contribution in [0, 0.1) is 0 Å². The molecule has 0 aliphatic rings. The number of nitrogens with zero attached hydrogens (tertiary/aromatic N) is 4. The summed E-state index contributed by atoms with van der Waals surface area (Å²) in [6.07, 6.45) is 3.82. The number of hydrogen-bond donors (Lipinski definition) is 0. The smallest absolute Gasteiger partial charge is 0.416 e. The van der Waals surface area contributed by atoms with Gasteiger partial charge in [-0.15, -0.1) is 0 Å². The zero-order chi connectivity index (χ0) is 13.4. The van der Waals surface area contributed by atoms with Crippen molar-refractivity contribution < 1.29 is 18.9 Å². The van der Waals surface area contributed by atoms with E-state index < -0.39 is 5.97 Å². The summed E-state index contributed by atoms with van der Waals surface area (Å²) in [7, 11) is 9.35. The Balaban J connectivity index is 0.000000302. The highest BCUT2D eigenvalue weighted by molar-refractivity contribution is 6.32. The molecule has 6 nitrogen and oxygen atoms in total. The van der Waals surface area contributed by atoms with Crippen LogP contribution in [0.3, 0.4) is 0 Å². The summed E-state index contributed by atoms with van der Waals surface area (Å²) in [5, 5.41) is 0. The number of esters is 1. The molecule has 1 aromatic rings. The molecule has 0 aromatic carbocycles. The topological polar surface area (TPSA) is 71.5 Å². The van der Waals surface area contributed by atoms with Crippen molar-refractivity contribution in [1.29, 1.82) is 0 Å². The number of carbonyl (C=O) groups excluding carboxylic acids is 1. The van der Waals surface area contributed by atoms with Gasteiger partial charge in [0.2, 0.25) is 7.85 Å². The van der Waals surface area contributed by atoms with Gasteiger partial charge in [0.1, 0.15) is 12.4 Å². The highest BCUT2D eigenvalue weighted by Crippen LogP contribution is 1.77. The molecule has 0 aliphatic carbocycles. The molecule has 0 saturated heterocycles. The van der Waals surface area contributed by atoms with Crippen LogP contribution >= 0.6 is 0 Å². The summed E-state index contributed by atoms with van der Waals surface area (Å²) < 4.78 is 8.19. The molecule has 1 heterocycles. The zero-order valence-corrected chi connectivity index (χ0v) is 10.5. The van der Waals surface area contributed by atoms with Crippen LogP contribution in [-0.4, -0.2) is 35.5 Å². The molecule has 0 unspecified atom stereocenters. The van der Waals surface area contributed by atoms with E-state index in [4.69, 9.17) is 13.4 Å². The summed E-state index contributed by atoms with van der Waals surface area (Å²) in [4.78, 5) is 13.1. The second kappa shape index (κ2) is 7.41. The second-order valence-electron chi connectivity index (χ2n) is 3.28. The molecular weight excluding hydrogens is 219 g/mol. The predicted octanol–water partition coefficient (Wildman–Crippen LogP) is -1.12. The fourth-order valence-corrected chi connectivity index (χ4v) is 0.878. The molecule has 7 heteroatoms. The molecular formula is C10H16BN4O2+. The van der Waals surface area contributed by atoms with Crippen molar-refractivity contribution in [2.75, 3.05) is 6.61 Å². The van der Waals surface area contributed by atoms with Gasteiger partial charge in [-0.05, 0) is 6.92 Å². The quantitative estimate of drug-likeness (QED) is 0.163. The number of hydrogen-bond acceptors (Lipinski definition) is 2. The monoisotopic (exact) mass is 235 g/mol. The van der Waals surface area contributed by atoms with E-state index in [2.05, 4.69) is 9.53 Å². The first-order chi connectivity index (χ1) is 7.93. The van der Waals surface area contributed by atoms with Gasteiger partial charge in [-0.3, -0.25) is 0 Å². The lowest BCUT2D eigenvalue weighted by atomic mass is 10.1. The third kappa shape index (κ3) is 5.13. The summed E-state index contributed by atoms with van der Waals surface area (Å²) >= 11 is 0. The van der Waals surface area contributed by atoms with Crippen LogP contribution in [0.25, 0.3) is 5.53 Å². The van der Waals surface area contributed by atoms with Gasteiger partial charge in [0.05, 0.1) is 20.7 Å². The molecule has 1 rings (SSSR count). The summed E-state index contributed by atoms with van der Waals surface area (Å²) in [5.41, 5.74) is 8.76. The average molecular weight is 235 g/mol. The Hall–Kier alpha value is -1.88. The van der Waals surface area contributed by atoms with Crippen LogP contribution in [-0.2, 0) is 23.6 Å². The van der Waals surface area contributed by atoms with Gasteiger partial charge in [0.25, 0.3) is 0 Å². The minimum Gasteiger partial charge on any atom is -0.457 e. The minimum atomic E-state index is -0.583. The lowest BCUT2D eigenvalue weighted by Gasteiger charge is -1.90. The molecule has 0 aliphatic heterocycles. The lowest BCUT2D eigenvalue weighted by molar-refractivity contribution is -0.652. The number of aromatic nitrogens is 2. The molecule has 0 fully saturated rings. The fourth-order valence-electron chi connectivity index (χ4n) is 0.878. The van der Waals surface area contributed by atoms with Gasteiger partial charge in [-0.25, -0.2) is 13.9 Å². The van der Waals surface area contributed by atoms with Gasteiger partial charge in [0, 0.05) is 6.92 Å². The molecule has 0 N–H and O–H groups in total. The number of imidazole rings is 1. The van der Waals surface area contributed by atoms with Crippen molar-refractivity contribution >= 4 is 25.3 Å². The Morgan fingerprint density at radius 3 is 2.53 bits per heavy atom. The fraction of sp³-hybridized carbons (Fsp3) is 0.500. The molecule has 90 valence electrons. The van der Waals surface area contributed by atoms with E-state index >= 15 is 0 Å². The Labute approximate surface area is 102 Å². The number of rotatable bonds is 2. The van der Waals surface area contributed by atoms with Crippen molar-refractivity contribution in [3.8, 4) is 0 Å². The molecule has 0 atom stereocenters. The largest absolute Gasteiger partial charge is 0.457 e. The van der Waals surface area contributed by atoms with E-state index in [1.54, 1.807) is 6.92 Å². The molecule has 0 bridgehead atoms.